The molecule has 3 aromatic rings. The monoisotopic (exact) mass is 394 g/mol. The minimum absolute atomic E-state index is 0.160. The summed E-state index contributed by atoms with van der Waals surface area (Å²) in [7, 11) is -3.77. The zero-order chi connectivity index (χ0) is 19.7. The number of rotatable bonds is 4. The summed E-state index contributed by atoms with van der Waals surface area (Å²) in [5.74, 6) is 0.518. The van der Waals surface area contributed by atoms with Crippen molar-refractivity contribution in [2.24, 2.45) is 0 Å². The van der Waals surface area contributed by atoms with Crippen LogP contribution in [0.1, 0.15) is 22.8 Å². The summed E-state index contributed by atoms with van der Waals surface area (Å²) >= 11 is 0. The van der Waals surface area contributed by atoms with Crippen LogP contribution in [0.15, 0.2) is 71.6 Å². The molecule has 0 atom stereocenters. The van der Waals surface area contributed by atoms with Gasteiger partial charge in [0.25, 0.3) is 15.9 Å². The summed E-state index contributed by atoms with van der Waals surface area (Å²) in [6.45, 7) is 2.00. The van der Waals surface area contributed by atoms with Gasteiger partial charge in [-0.1, -0.05) is 31.2 Å². The standard InChI is InChI=1S/C21H18N2O4S/c1-2-14-7-10-16(11-8-14)28(25,26)23-15-9-12-19-17(13-15)21(24)22-18-5-3-4-6-20(18)27-19/h3-13,23H,2H2,1H3,(H,22,24). The average Bonchev–Trinajstić information content (AvgIpc) is 2.83. The highest BCUT2D eigenvalue weighted by molar-refractivity contribution is 7.92. The number of fused-ring (bicyclic) bond motifs is 2. The number of hydrogen-bond donors (Lipinski definition) is 2. The van der Waals surface area contributed by atoms with Gasteiger partial charge in [-0.05, 0) is 54.4 Å². The van der Waals surface area contributed by atoms with Crippen LogP contribution in [-0.4, -0.2) is 14.3 Å². The molecular weight excluding hydrogens is 376 g/mol. The van der Waals surface area contributed by atoms with E-state index < -0.39 is 10.0 Å². The van der Waals surface area contributed by atoms with Gasteiger partial charge in [0.05, 0.1) is 16.1 Å². The van der Waals surface area contributed by atoms with E-state index in [2.05, 4.69) is 10.0 Å². The normalized spacial score (nSPS) is 12.8. The number of para-hydroxylation sites is 2. The van der Waals surface area contributed by atoms with E-state index >= 15 is 0 Å². The quantitative estimate of drug-likeness (QED) is 0.687. The summed E-state index contributed by atoms with van der Waals surface area (Å²) in [4.78, 5) is 12.7. The number of carbonyl (C=O) groups excluding carboxylic acids is 1. The molecule has 1 amide bonds. The molecule has 142 valence electrons. The number of ether oxygens (including phenoxy) is 1. The van der Waals surface area contributed by atoms with Gasteiger partial charge >= 0.3 is 0 Å². The molecule has 0 saturated carbocycles. The molecule has 0 aromatic heterocycles. The van der Waals surface area contributed by atoms with Crippen LogP contribution in [0, 0.1) is 0 Å². The summed E-state index contributed by atoms with van der Waals surface area (Å²) in [6.07, 6.45) is 0.829. The second-order valence-corrected chi connectivity index (χ2v) is 8.05. The Kier molecular flexibility index (Phi) is 4.52. The number of amides is 1. The van der Waals surface area contributed by atoms with Crippen LogP contribution in [0.3, 0.4) is 0 Å². The van der Waals surface area contributed by atoms with Gasteiger partial charge in [-0.25, -0.2) is 8.42 Å². The first-order valence-corrected chi connectivity index (χ1v) is 10.3. The molecule has 6 nitrogen and oxygen atoms in total. The first-order chi connectivity index (χ1) is 13.5. The van der Waals surface area contributed by atoms with Gasteiger partial charge in [0.15, 0.2) is 5.75 Å². The van der Waals surface area contributed by atoms with E-state index in [1.807, 2.05) is 13.0 Å². The van der Waals surface area contributed by atoms with Crippen molar-refractivity contribution >= 4 is 27.3 Å². The average molecular weight is 394 g/mol. The van der Waals surface area contributed by atoms with Crippen LogP contribution in [0.5, 0.6) is 11.5 Å². The summed E-state index contributed by atoms with van der Waals surface area (Å²) in [6, 6.07) is 18.4. The molecule has 0 spiro atoms. The Hall–Kier alpha value is -3.32. The molecule has 7 heteroatoms. The first-order valence-electron chi connectivity index (χ1n) is 8.80. The lowest BCUT2D eigenvalue weighted by molar-refractivity contribution is 0.102. The molecule has 4 rings (SSSR count). The molecule has 2 N–H and O–H groups in total. The molecule has 1 aliphatic heterocycles. The van der Waals surface area contributed by atoms with E-state index in [0.717, 1.165) is 12.0 Å². The van der Waals surface area contributed by atoms with Gasteiger partial charge in [0, 0.05) is 5.69 Å². The van der Waals surface area contributed by atoms with Crippen molar-refractivity contribution in [2.75, 3.05) is 10.0 Å². The molecule has 1 heterocycles. The van der Waals surface area contributed by atoms with Crippen LogP contribution in [0.25, 0.3) is 0 Å². The Bertz CT molecular complexity index is 1160. The maximum absolute atomic E-state index is 12.7. The fraction of sp³-hybridized carbons (Fsp3) is 0.0952. The minimum atomic E-state index is -3.77. The smallest absolute Gasteiger partial charge is 0.261 e. The number of aryl methyl sites for hydroxylation is 1. The predicted octanol–water partition coefficient (Wildman–Crippen LogP) is 4.41. The third-order valence-corrected chi connectivity index (χ3v) is 5.87. The van der Waals surface area contributed by atoms with Gasteiger partial charge in [-0.3, -0.25) is 9.52 Å². The molecule has 0 fully saturated rings. The zero-order valence-corrected chi connectivity index (χ0v) is 15.9. The maximum Gasteiger partial charge on any atom is 0.261 e. The van der Waals surface area contributed by atoms with Crippen molar-refractivity contribution in [3.8, 4) is 11.5 Å². The predicted molar refractivity (Wildman–Crippen MR) is 108 cm³/mol. The van der Waals surface area contributed by atoms with E-state index in [1.54, 1.807) is 54.6 Å². The Morgan fingerprint density at radius 2 is 1.71 bits per heavy atom. The highest BCUT2D eigenvalue weighted by Crippen LogP contribution is 2.36. The molecule has 3 aromatic carbocycles. The number of carbonyl (C=O) groups is 1. The van der Waals surface area contributed by atoms with Gasteiger partial charge in [0.1, 0.15) is 5.75 Å². The van der Waals surface area contributed by atoms with Crippen molar-refractivity contribution in [1.82, 2.24) is 0 Å². The zero-order valence-electron chi connectivity index (χ0n) is 15.1. The molecule has 0 radical (unpaired) electrons. The lowest BCUT2D eigenvalue weighted by Gasteiger charge is -2.11. The van der Waals surface area contributed by atoms with Crippen LogP contribution in [0.2, 0.25) is 0 Å². The Morgan fingerprint density at radius 3 is 2.46 bits per heavy atom. The SMILES string of the molecule is CCc1ccc(S(=O)(=O)Nc2ccc3c(c2)C(=O)Nc2ccccc2O3)cc1. The number of benzene rings is 3. The third kappa shape index (κ3) is 3.44. The molecule has 0 bridgehead atoms. The highest BCUT2D eigenvalue weighted by atomic mass is 32.2. The molecule has 0 unspecified atom stereocenters. The summed E-state index contributed by atoms with van der Waals surface area (Å²) in [5.41, 5.74) is 2.14. The molecular formula is C21H18N2O4S. The topological polar surface area (TPSA) is 84.5 Å². The van der Waals surface area contributed by atoms with Gasteiger partial charge < -0.3 is 10.1 Å². The van der Waals surface area contributed by atoms with E-state index in [4.69, 9.17) is 4.74 Å². The van der Waals surface area contributed by atoms with Crippen LogP contribution < -0.4 is 14.8 Å². The van der Waals surface area contributed by atoms with Crippen molar-refractivity contribution in [3.63, 3.8) is 0 Å². The highest BCUT2D eigenvalue weighted by Gasteiger charge is 2.22. The number of sulfonamides is 1. The molecule has 1 aliphatic rings. The van der Waals surface area contributed by atoms with Crippen LogP contribution >= 0.6 is 0 Å². The van der Waals surface area contributed by atoms with Crippen molar-refractivity contribution < 1.29 is 17.9 Å². The summed E-state index contributed by atoms with van der Waals surface area (Å²) < 4.78 is 33.6. The lowest BCUT2D eigenvalue weighted by Crippen LogP contribution is -2.15. The van der Waals surface area contributed by atoms with E-state index in [-0.39, 0.29) is 22.1 Å². The fourth-order valence-corrected chi connectivity index (χ4v) is 3.99. The summed E-state index contributed by atoms with van der Waals surface area (Å²) in [5, 5.41) is 2.77. The van der Waals surface area contributed by atoms with Gasteiger partial charge in [0.2, 0.25) is 0 Å². The van der Waals surface area contributed by atoms with E-state index in [1.165, 1.54) is 6.07 Å². The third-order valence-electron chi connectivity index (χ3n) is 4.47. The number of anilines is 2. The minimum Gasteiger partial charge on any atom is -0.454 e. The van der Waals surface area contributed by atoms with Crippen molar-refractivity contribution in [1.29, 1.82) is 0 Å². The largest absolute Gasteiger partial charge is 0.454 e. The number of nitrogens with one attached hydrogen (secondary N) is 2. The Balaban J connectivity index is 1.64. The molecule has 0 saturated heterocycles. The van der Waals surface area contributed by atoms with Crippen molar-refractivity contribution in [3.05, 3.63) is 77.9 Å². The van der Waals surface area contributed by atoms with Gasteiger partial charge in [-0.2, -0.15) is 0 Å². The Labute approximate surface area is 163 Å². The molecule has 28 heavy (non-hydrogen) atoms. The van der Waals surface area contributed by atoms with E-state index in [0.29, 0.717) is 17.2 Å². The lowest BCUT2D eigenvalue weighted by atomic mass is 10.1. The number of hydrogen-bond acceptors (Lipinski definition) is 4. The van der Waals surface area contributed by atoms with Crippen LogP contribution in [-0.2, 0) is 16.4 Å². The maximum atomic E-state index is 12.7. The van der Waals surface area contributed by atoms with E-state index in [9.17, 15) is 13.2 Å². The van der Waals surface area contributed by atoms with Gasteiger partial charge in [-0.15, -0.1) is 0 Å². The second-order valence-electron chi connectivity index (χ2n) is 6.37. The van der Waals surface area contributed by atoms with Crippen molar-refractivity contribution in [2.45, 2.75) is 18.2 Å². The van der Waals surface area contributed by atoms with Crippen LogP contribution in [0.4, 0.5) is 11.4 Å². The first kappa shape index (κ1) is 18.1. The Morgan fingerprint density at radius 1 is 0.964 bits per heavy atom. The second kappa shape index (κ2) is 7.01. The molecule has 0 aliphatic carbocycles. The fourth-order valence-electron chi connectivity index (χ4n) is 2.95.